The van der Waals surface area contributed by atoms with Gasteiger partial charge in [0.25, 0.3) is 0 Å². The lowest BCUT2D eigenvalue weighted by molar-refractivity contribution is 1.15. The van der Waals surface area contributed by atoms with Gasteiger partial charge in [0.1, 0.15) is 0 Å². The van der Waals surface area contributed by atoms with Gasteiger partial charge in [0.15, 0.2) is 5.43 Å². The molecule has 120 valence electrons. The van der Waals surface area contributed by atoms with Crippen LogP contribution in [0.4, 0.5) is 0 Å². The molecule has 25 heavy (non-hydrogen) atoms. The van der Waals surface area contributed by atoms with E-state index in [-0.39, 0.29) is 5.43 Å². The van der Waals surface area contributed by atoms with Crippen LogP contribution in [0.15, 0.2) is 71.5 Å². The fourth-order valence-electron chi connectivity index (χ4n) is 3.57. The summed E-state index contributed by atoms with van der Waals surface area (Å²) in [4.78, 5) is 12.9. The first-order chi connectivity index (χ1) is 12.2. The van der Waals surface area contributed by atoms with E-state index in [2.05, 4.69) is 49.4 Å². The quantitative estimate of drug-likeness (QED) is 0.328. The van der Waals surface area contributed by atoms with E-state index in [4.69, 9.17) is 0 Å². The molecule has 0 radical (unpaired) electrons. The molecule has 0 aliphatic rings. The molecule has 0 atom stereocenters. The Hall–Kier alpha value is -2.71. The summed E-state index contributed by atoms with van der Waals surface area (Å²) in [6, 6.07) is 23.2. The normalized spacial score (nSPS) is 11.7. The molecular weight excluding hydrogens is 324 g/mol. The molecule has 0 saturated heterocycles. The molecule has 5 rings (SSSR count). The molecule has 2 heteroatoms. The van der Waals surface area contributed by atoms with Crippen molar-refractivity contribution < 1.29 is 0 Å². The minimum Gasteiger partial charge on any atom is -0.289 e. The highest BCUT2D eigenvalue weighted by Gasteiger charge is 2.08. The van der Waals surface area contributed by atoms with E-state index >= 15 is 0 Å². The van der Waals surface area contributed by atoms with Crippen LogP contribution < -0.4 is 5.43 Å². The van der Waals surface area contributed by atoms with Gasteiger partial charge in [-0.1, -0.05) is 37.3 Å². The highest BCUT2D eigenvalue weighted by Crippen LogP contribution is 2.31. The van der Waals surface area contributed by atoms with E-state index in [9.17, 15) is 4.79 Å². The van der Waals surface area contributed by atoms with Crippen LogP contribution in [0.3, 0.4) is 0 Å². The Balaban J connectivity index is 1.91. The molecule has 5 aromatic rings. The average molecular weight is 340 g/mol. The zero-order valence-corrected chi connectivity index (χ0v) is 14.7. The third kappa shape index (κ3) is 2.25. The maximum Gasteiger partial charge on any atom is 0.195 e. The molecule has 0 aliphatic carbocycles. The lowest BCUT2D eigenvalue weighted by atomic mass is 10.00. The second-order valence-electron chi connectivity index (χ2n) is 6.51. The van der Waals surface area contributed by atoms with Crippen molar-refractivity contribution in [2.45, 2.75) is 13.3 Å². The molecule has 0 saturated carbocycles. The first-order valence-corrected chi connectivity index (χ1v) is 9.36. The molecule has 0 fully saturated rings. The number of aryl methyl sites for hydroxylation is 1. The first kappa shape index (κ1) is 14.6. The van der Waals surface area contributed by atoms with E-state index < -0.39 is 0 Å². The SMILES string of the molecule is CCc1ccc2cc3cc4sc5ccccc5c(=O)c4cc3cc2c1. The predicted molar refractivity (Wildman–Crippen MR) is 110 cm³/mol. The summed E-state index contributed by atoms with van der Waals surface area (Å²) in [6.07, 6.45) is 1.03. The smallest absolute Gasteiger partial charge is 0.195 e. The van der Waals surface area contributed by atoms with E-state index in [0.717, 1.165) is 32.0 Å². The fourth-order valence-corrected chi connectivity index (χ4v) is 4.67. The third-order valence-corrected chi connectivity index (χ3v) is 6.10. The molecule has 1 nitrogen and oxygen atoms in total. The van der Waals surface area contributed by atoms with Crippen LogP contribution in [0.2, 0.25) is 0 Å². The summed E-state index contributed by atoms with van der Waals surface area (Å²) in [5, 5.41) is 6.44. The molecule has 1 aromatic heterocycles. The summed E-state index contributed by atoms with van der Waals surface area (Å²) in [5.74, 6) is 0. The lowest BCUT2D eigenvalue weighted by Crippen LogP contribution is -2.00. The molecule has 1 heterocycles. The van der Waals surface area contributed by atoms with Gasteiger partial charge >= 0.3 is 0 Å². The topological polar surface area (TPSA) is 17.1 Å². The molecule has 0 aliphatic heterocycles. The van der Waals surface area contributed by atoms with Crippen LogP contribution in [-0.2, 0) is 6.42 Å². The zero-order chi connectivity index (χ0) is 17.0. The van der Waals surface area contributed by atoms with Gasteiger partial charge < -0.3 is 0 Å². The molecule has 0 amide bonds. The van der Waals surface area contributed by atoms with Crippen LogP contribution in [0.1, 0.15) is 12.5 Å². The Morgan fingerprint density at radius 2 is 1.48 bits per heavy atom. The Morgan fingerprint density at radius 1 is 0.720 bits per heavy atom. The summed E-state index contributed by atoms with van der Waals surface area (Å²) >= 11 is 1.69. The second kappa shape index (κ2) is 5.40. The van der Waals surface area contributed by atoms with E-state index in [0.29, 0.717) is 0 Å². The van der Waals surface area contributed by atoms with Crippen molar-refractivity contribution in [1.29, 1.82) is 0 Å². The number of fused-ring (bicyclic) bond motifs is 4. The van der Waals surface area contributed by atoms with Gasteiger partial charge in [-0.25, -0.2) is 0 Å². The number of benzene rings is 4. The van der Waals surface area contributed by atoms with Gasteiger partial charge in [-0.05, 0) is 69.9 Å². The van der Waals surface area contributed by atoms with Crippen molar-refractivity contribution >= 4 is 53.1 Å². The molecule has 0 N–H and O–H groups in total. The molecule has 0 unspecified atom stereocenters. The monoisotopic (exact) mass is 340 g/mol. The van der Waals surface area contributed by atoms with Gasteiger partial charge in [0.05, 0.1) is 0 Å². The summed E-state index contributed by atoms with van der Waals surface area (Å²) in [7, 11) is 0. The van der Waals surface area contributed by atoms with Gasteiger partial charge in [-0.15, -0.1) is 11.3 Å². The van der Waals surface area contributed by atoms with Crippen molar-refractivity contribution in [2.24, 2.45) is 0 Å². The van der Waals surface area contributed by atoms with Crippen LogP contribution >= 0.6 is 11.3 Å². The lowest BCUT2D eigenvalue weighted by Gasteiger charge is -2.07. The van der Waals surface area contributed by atoms with Gasteiger partial charge in [0, 0.05) is 20.2 Å². The van der Waals surface area contributed by atoms with Crippen LogP contribution in [0.5, 0.6) is 0 Å². The standard InChI is InChI=1S/C23H16OS/c1-2-14-7-8-15-10-18-13-22-20(12-17(18)11-16(15)9-14)23(24)19-5-3-4-6-21(19)25-22/h3-13H,2H2,1H3. The van der Waals surface area contributed by atoms with Crippen molar-refractivity contribution in [2.75, 3.05) is 0 Å². The van der Waals surface area contributed by atoms with Crippen LogP contribution in [0.25, 0.3) is 41.7 Å². The summed E-state index contributed by atoms with van der Waals surface area (Å²) in [5.41, 5.74) is 1.47. The van der Waals surface area contributed by atoms with E-state index in [1.54, 1.807) is 11.3 Å². The predicted octanol–water partition coefficient (Wildman–Crippen LogP) is 6.28. The number of hydrogen-bond donors (Lipinski definition) is 0. The second-order valence-corrected chi connectivity index (χ2v) is 7.59. The van der Waals surface area contributed by atoms with Gasteiger partial charge in [0.2, 0.25) is 0 Å². The Morgan fingerprint density at radius 3 is 2.36 bits per heavy atom. The Labute approximate surface area is 149 Å². The van der Waals surface area contributed by atoms with Gasteiger partial charge in [-0.2, -0.15) is 0 Å². The molecule has 0 spiro atoms. The highest BCUT2D eigenvalue weighted by atomic mass is 32.1. The van der Waals surface area contributed by atoms with Crippen LogP contribution in [0, 0.1) is 0 Å². The highest BCUT2D eigenvalue weighted by molar-refractivity contribution is 7.24. The van der Waals surface area contributed by atoms with Gasteiger partial charge in [-0.3, -0.25) is 4.79 Å². The number of rotatable bonds is 1. The van der Waals surface area contributed by atoms with Crippen molar-refractivity contribution in [3.8, 4) is 0 Å². The average Bonchev–Trinajstić information content (AvgIpc) is 2.65. The maximum atomic E-state index is 12.9. The molecular formula is C23H16OS. The Bertz CT molecular complexity index is 1340. The molecule has 4 aromatic carbocycles. The fraction of sp³-hybridized carbons (Fsp3) is 0.0870. The van der Waals surface area contributed by atoms with Crippen LogP contribution in [-0.4, -0.2) is 0 Å². The number of hydrogen-bond acceptors (Lipinski definition) is 2. The largest absolute Gasteiger partial charge is 0.289 e. The maximum absolute atomic E-state index is 12.9. The minimum absolute atomic E-state index is 0.133. The summed E-state index contributed by atoms with van der Waals surface area (Å²) < 4.78 is 2.11. The zero-order valence-electron chi connectivity index (χ0n) is 13.9. The van der Waals surface area contributed by atoms with Crippen molar-refractivity contribution in [3.63, 3.8) is 0 Å². The first-order valence-electron chi connectivity index (χ1n) is 8.55. The Kier molecular flexibility index (Phi) is 3.16. The summed E-state index contributed by atoms with van der Waals surface area (Å²) in [6.45, 7) is 2.17. The van der Waals surface area contributed by atoms with E-state index in [1.807, 2.05) is 24.3 Å². The van der Waals surface area contributed by atoms with Crippen molar-refractivity contribution in [1.82, 2.24) is 0 Å². The third-order valence-electron chi connectivity index (χ3n) is 4.96. The van der Waals surface area contributed by atoms with Crippen molar-refractivity contribution in [3.05, 3.63) is 82.5 Å². The molecule has 0 bridgehead atoms. The van der Waals surface area contributed by atoms with E-state index in [1.165, 1.54) is 21.7 Å². The minimum atomic E-state index is 0.133.